The van der Waals surface area contributed by atoms with Crippen LogP contribution in [0.2, 0.25) is 0 Å². The molecule has 0 aromatic heterocycles. The molecule has 0 aliphatic rings. The Kier molecular flexibility index (Phi) is 5.43. The summed E-state index contributed by atoms with van der Waals surface area (Å²) in [7, 11) is 1.03. The van der Waals surface area contributed by atoms with E-state index in [1.54, 1.807) is 24.3 Å². The van der Waals surface area contributed by atoms with E-state index in [0.717, 1.165) is 21.5 Å². The van der Waals surface area contributed by atoms with Crippen molar-refractivity contribution in [2.24, 2.45) is 0 Å². The predicted molar refractivity (Wildman–Crippen MR) is 77.2 cm³/mol. The smallest absolute Gasteiger partial charge is 0.328 e. The number of aliphatic carboxylic acids is 1. The Bertz CT molecular complexity index is 591. The average molecular weight is 298 g/mol. The maximum absolute atomic E-state index is 11.9. The molecule has 0 saturated carbocycles. The Labute approximate surface area is 119 Å². The van der Waals surface area contributed by atoms with Crippen LogP contribution in [0.5, 0.6) is 0 Å². The maximum Gasteiger partial charge on any atom is 0.328 e. The number of carbonyl (C=O) groups is 1. The minimum absolute atomic E-state index is 0.253. The number of hydrogen-bond acceptors (Lipinski definition) is 3. The number of carboxylic acid groups (broad SMARTS) is 1. The summed E-state index contributed by atoms with van der Waals surface area (Å²) in [5.41, 5.74) is 1.57. The molecule has 1 aromatic carbocycles. The van der Waals surface area contributed by atoms with Crippen LogP contribution in [-0.4, -0.2) is 49.2 Å². The van der Waals surface area contributed by atoms with E-state index < -0.39 is 16.2 Å². The van der Waals surface area contributed by atoms with Gasteiger partial charge in [-0.1, -0.05) is 24.3 Å². The second kappa shape index (κ2) is 6.65. The van der Waals surface area contributed by atoms with E-state index in [-0.39, 0.29) is 6.54 Å². The van der Waals surface area contributed by atoms with Gasteiger partial charge in [0.15, 0.2) is 0 Å². The van der Waals surface area contributed by atoms with Crippen LogP contribution in [-0.2, 0) is 21.5 Å². The van der Waals surface area contributed by atoms with Crippen molar-refractivity contribution in [3.63, 3.8) is 0 Å². The van der Waals surface area contributed by atoms with Gasteiger partial charge in [-0.25, -0.2) is 4.79 Å². The molecule has 1 rings (SSSR count). The van der Waals surface area contributed by atoms with Crippen LogP contribution < -0.4 is 0 Å². The van der Waals surface area contributed by atoms with E-state index in [4.69, 9.17) is 5.11 Å². The molecule has 7 heteroatoms. The molecular formula is C13H18N2O4S. The third-order valence-electron chi connectivity index (χ3n) is 2.66. The van der Waals surface area contributed by atoms with Gasteiger partial charge in [0.2, 0.25) is 0 Å². The first kappa shape index (κ1) is 16.4. The summed E-state index contributed by atoms with van der Waals surface area (Å²) in [6, 6.07) is 7.02. The van der Waals surface area contributed by atoms with Crippen LogP contribution >= 0.6 is 0 Å². The van der Waals surface area contributed by atoms with Crippen LogP contribution in [0.25, 0.3) is 6.08 Å². The predicted octanol–water partition coefficient (Wildman–Crippen LogP) is 1.02. The summed E-state index contributed by atoms with van der Waals surface area (Å²) in [5, 5.41) is 8.53. The molecule has 1 N–H and O–H groups in total. The lowest BCUT2D eigenvalue weighted by Crippen LogP contribution is -2.36. The average Bonchev–Trinajstić information content (AvgIpc) is 2.37. The zero-order chi connectivity index (χ0) is 15.3. The zero-order valence-electron chi connectivity index (χ0n) is 11.6. The number of rotatable bonds is 6. The Morgan fingerprint density at radius 3 is 2.20 bits per heavy atom. The SMILES string of the molecule is CN(C)S(=O)(=O)N(C)Cc1ccc(C=CC(=O)O)cc1. The monoisotopic (exact) mass is 298 g/mol. The largest absolute Gasteiger partial charge is 0.478 e. The second-order valence-corrected chi connectivity index (χ2v) is 6.71. The third kappa shape index (κ3) is 4.44. The highest BCUT2D eigenvalue weighted by Crippen LogP contribution is 2.11. The third-order valence-corrected chi connectivity index (χ3v) is 4.50. The highest BCUT2D eigenvalue weighted by atomic mass is 32.2. The van der Waals surface area contributed by atoms with E-state index in [9.17, 15) is 13.2 Å². The molecule has 20 heavy (non-hydrogen) atoms. The molecular weight excluding hydrogens is 280 g/mol. The summed E-state index contributed by atoms with van der Waals surface area (Å²) in [4.78, 5) is 10.4. The van der Waals surface area contributed by atoms with Crippen molar-refractivity contribution in [1.29, 1.82) is 0 Å². The number of benzene rings is 1. The van der Waals surface area contributed by atoms with E-state index in [2.05, 4.69) is 0 Å². The van der Waals surface area contributed by atoms with Crippen LogP contribution in [0.3, 0.4) is 0 Å². The van der Waals surface area contributed by atoms with Crippen molar-refractivity contribution in [3.05, 3.63) is 41.5 Å². The molecule has 0 spiro atoms. The highest BCUT2D eigenvalue weighted by Gasteiger charge is 2.20. The molecule has 1 aromatic rings. The fourth-order valence-electron chi connectivity index (χ4n) is 1.52. The fraction of sp³-hybridized carbons (Fsp3) is 0.308. The van der Waals surface area contributed by atoms with Crippen molar-refractivity contribution in [2.75, 3.05) is 21.1 Å². The molecule has 0 amide bonds. The van der Waals surface area contributed by atoms with Gasteiger partial charge in [0.05, 0.1) is 0 Å². The lowest BCUT2D eigenvalue weighted by molar-refractivity contribution is -0.131. The first-order valence-electron chi connectivity index (χ1n) is 5.87. The Balaban J connectivity index is 2.78. The second-order valence-electron chi connectivity index (χ2n) is 4.46. The molecule has 6 nitrogen and oxygen atoms in total. The van der Waals surface area contributed by atoms with Crippen LogP contribution in [0, 0.1) is 0 Å². The summed E-state index contributed by atoms with van der Waals surface area (Å²) < 4.78 is 26.1. The highest BCUT2D eigenvalue weighted by molar-refractivity contribution is 7.86. The topological polar surface area (TPSA) is 77.9 Å². The molecule has 0 aliphatic heterocycles. The van der Waals surface area contributed by atoms with Gasteiger partial charge in [0, 0.05) is 33.8 Å². The Morgan fingerprint density at radius 2 is 1.75 bits per heavy atom. The molecule has 0 bridgehead atoms. The van der Waals surface area contributed by atoms with Gasteiger partial charge in [0.25, 0.3) is 10.2 Å². The van der Waals surface area contributed by atoms with Gasteiger partial charge in [-0.3, -0.25) is 0 Å². The van der Waals surface area contributed by atoms with E-state index in [1.807, 2.05) is 0 Å². The Morgan fingerprint density at radius 1 is 1.20 bits per heavy atom. The number of carboxylic acids is 1. The minimum Gasteiger partial charge on any atom is -0.478 e. The molecule has 0 unspecified atom stereocenters. The van der Waals surface area contributed by atoms with Gasteiger partial charge < -0.3 is 5.11 Å². The molecule has 0 heterocycles. The first-order valence-corrected chi connectivity index (χ1v) is 7.27. The molecule has 0 saturated heterocycles. The summed E-state index contributed by atoms with van der Waals surface area (Å²) in [5.74, 6) is -1.01. The van der Waals surface area contributed by atoms with Gasteiger partial charge >= 0.3 is 5.97 Å². The molecule has 110 valence electrons. The molecule has 0 aliphatic carbocycles. The zero-order valence-corrected chi connectivity index (χ0v) is 12.5. The standard InChI is InChI=1S/C13H18N2O4S/c1-14(2)20(18,19)15(3)10-12-6-4-11(5-7-12)8-9-13(16)17/h4-9H,10H2,1-3H3,(H,16,17). The molecule has 0 radical (unpaired) electrons. The fourth-order valence-corrected chi connectivity index (χ4v) is 2.39. The summed E-state index contributed by atoms with van der Waals surface area (Å²) >= 11 is 0. The van der Waals surface area contributed by atoms with Gasteiger partial charge in [-0.2, -0.15) is 17.0 Å². The van der Waals surface area contributed by atoms with Crippen LogP contribution in [0.4, 0.5) is 0 Å². The normalized spacial score (nSPS) is 12.4. The van der Waals surface area contributed by atoms with E-state index in [0.29, 0.717) is 0 Å². The lowest BCUT2D eigenvalue weighted by Gasteiger charge is -2.21. The van der Waals surface area contributed by atoms with Crippen molar-refractivity contribution in [3.8, 4) is 0 Å². The van der Waals surface area contributed by atoms with Crippen molar-refractivity contribution < 1.29 is 18.3 Å². The number of hydrogen-bond donors (Lipinski definition) is 1. The van der Waals surface area contributed by atoms with Gasteiger partial charge in [-0.15, -0.1) is 0 Å². The van der Waals surface area contributed by atoms with E-state index >= 15 is 0 Å². The van der Waals surface area contributed by atoms with Gasteiger partial charge in [-0.05, 0) is 17.2 Å². The maximum atomic E-state index is 11.9. The first-order chi connectivity index (χ1) is 9.23. The molecule has 0 atom stereocenters. The van der Waals surface area contributed by atoms with Crippen LogP contribution in [0.15, 0.2) is 30.3 Å². The van der Waals surface area contributed by atoms with Crippen molar-refractivity contribution in [1.82, 2.24) is 8.61 Å². The minimum atomic E-state index is -3.43. The number of nitrogens with zero attached hydrogens (tertiary/aromatic N) is 2. The van der Waals surface area contributed by atoms with Crippen LogP contribution in [0.1, 0.15) is 11.1 Å². The van der Waals surface area contributed by atoms with E-state index in [1.165, 1.54) is 31.5 Å². The van der Waals surface area contributed by atoms with Crippen molar-refractivity contribution >= 4 is 22.3 Å². The molecule has 0 fully saturated rings. The summed E-state index contributed by atoms with van der Waals surface area (Å²) in [6.07, 6.45) is 2.53. The lowest BCUT2D eigenvalue weighted by atomic mass is 10.1. The quantitative estimate of drug-likeness (QED) is 0.795. The van der Waals surface area contributed by atoms with Crippen molar-refractivity contribution in [2.45, 2.75) is 6.54 Å². The van der Waals surface area contributed by atoms with Gasteiger partial charge in [0.1, 0.15) is 0 Å². The summed E-state index contributed by atoms with van der Waals surface area (Å²) in [6.45, 7) is 0.253. The Hall–Kier alpha value is -1.70.